The van der Waals surface area contributed by atoms with Gasteiger partial charge in [-0.15, -0.1) is 0 Å². The van der Waals surface area contributed by atoms with Crippen molar-refractivity contribution in [2.45, 2.75) is 19.3 Å². The van der Waals surface area contributed by atoms with E-state index >= 15 is 0 Å². The van der Waals surface area contributed by atoms with Crippen molar-refractivity contribution in [2.75, 3.05) is 14.2 Å². The third-order valence-corrected chi connectivity index (χ3v) is 4.51. The standard InChI is InChI=1S/C21H20O5/c1-13-18(24-2)10-9-15-16(12-19(22)26-20(13)15)17(21(23)25-3)11-14-7-5-4-6-8-14/h4-10,12,17H,11H2,1-3H3. The molecule has 5 heteroatoms. The van der Waals surface area contributed by atoms with E-state index in [0.29, 0.717) is 34.3 Å². The molecule has 0 radical (unpaired) electrons. The van der Waals surface area contributed by atoms with E-state index in [2.05, 4.69) is 0 Å². The van der Waals surface area contributed by atoms with Crippen LogP contribution in [-0.4, -0.2) is 20.2 Å². The predicted octanol–water partition coefficient (Wildman–Crippen LogP) is 3.61. The quantitative estimate of drug-likeness (QED) is 0.518. The number of fused-ring (bicyclic) bond motifs is 1. The molecule has 26 heavy (non-hydrogen) atoms. The van der Waals surface area contributed by atoms with Crippen LogP contribution in [0.15, 0.2) is 57.7 Å². The third-order valence-electron chi connectivity index (χ3n) is 4.51. The zero-order chi connectivity index (χ0) is 18.7. The first-order chi connectivity index (χ1) is 12.5. The van der Waals surface area contributed by atoms with E-state index < -0.39 is 17.5 Å². The van der Waals surface area contributed by atoms with Gasteiger partial charge < -0.3 is 13.9 Å². The molecule has 1 unspecified atom stereocenters. The molecule has 3 rings (SSSR count). The van der Waals surface area contributed by atoms with E-state index in [4.69, 9.17) is 13.9 Å². The normalized spacial score (nSPS) is 12.0. The van der Waals surface area contributed by atoms with Gasteiger partial charge in [0, 0.05) is 17.0 Å². The minimum atomic E-state index is -0.609. The van der Waals surface area contributed by atoms with Crippen LogP contribution in [0.2, 0.25) is 0 Å². The Balaban J connectivity index is 2.20. The van der Waals surface area contributed by atoms with Gasteiger partial charge in [0.25, 0.3) is 0 Å². The number of hydrogen-bond acceptors (Lipinski definition) is 5. The minimum absolute atomic E-state index is 0.394. The maximum absolute atomic E-state index is 12.5. The SMILES string of the molecule is COC(=O)C(Cc1ccccc1)c1cc(=O)oc2c(C)c(OC)ccc12. The van der Waals surface area contributed by atoms with Crippen molar-refractivity contribution >= 4 is 16.9 Å². The molecule has 5 nitrogen and oxygen atoms in total. The van der Waals surface area contributed by atoms with Gasteiger partial charge >= 0.3 is 11.6 Å². The first-order valence-electron chi connectivity index (χ1n) is 8.28. The highest BCUT2D eigenvalue weighted by molar-refractivity contribution is 5.90. The summed E-state index contributed by atoms with van der Waals surface area (Å²) >= 11 is 0. The maximum atomic E-state index is 12.5. The zero-order valence-corrected chi connectivity index (χ0v) is 14.9. The van der Waals surface area contributed by atoms with Crippen molar-refractivity contribution in [1.82, 2.24) is 0 Å². The number of esters is 1. The average Bonchev–Trinajstić information content (AvgIpc) is 2.66. The molecule has 134 valence electrons. The van der Waals surface area contributed by atoms with Crippen molar-refractivity contribution in [3.8, 4) is 5.75 Å². The molecule has 0 N–H and O–H groups in total. The molecule has 0 bridgehead atoms. The molecule has 2 aromatic carbocycles. The summed E-state index contributed by atoms with van der Waals surface area (Å²) in [5.41, 5.74) is 2.21. The van der Waals surface area contributed by atoms with Gasteiger partial charge in [-0.2, -0.15) is 0 Å². The first kappa shape index (κ1) is 17.7. The number of methoxy groups -OCH3 is 2. The lowest BCUT2D eigenvalue weighted by Gasteiger charge is -2.17. The second kappa shape index (κ2) is 7.44. The number of ether oxygens (including phenoxy) is 2. The molecule has 0 aliphatic heterocycles. The average molecular weight is 352 g/mol. The summed E-state index contributed by atoms with van der Waals surface area (Å²) in [7, 11) is 2.91. The van der Waals surface area contributed by atoms with Crippen molar-refractivity contribution in [3.63, 3.8) is 0 Å². The van der Waals surface area contributed by atoms with Crippen LogP contribution in [0.5, 0.6) is 5.75 Å². The van der Waals surface area contributed by atoms with E-state index in [9.17, 15) is 9.59 Å². The van der Waals surface area contributed by atoms with E-state index in [1.54, 1.807) is 19.2 Å². The topological polar surface area (TPSA) is 65.7 Å². The lowest BCUT2D eigenvalue weighted by Crippen LogP contribution is -2.19. The maximum Gasteiger partial charge on any atom is 0.336 e. The summed E-state index contributed by atoms with van der Waals surface area (Å²) in [4.78, 5) is 24.7. The Morgan fingerprint density at radius 1 is 1.12 bits per heavy atom. The molecule has 3 aromatic rings. The van der Waals surface area contributed by atoms with Crippen molar-refractivity contribution < 1.29 is 18.7 Å². The molecule has 0 spiro atoms. The summed E-state index contributed by atoms with van der Waals surface area (Å²) in [5, 5.41) is 0.703. The number of benzene rings is 2. The summed E-state index contributed by atoms with van der Waals surface area (Å²) < 4.78 is 15.7. The van der Waals surface area contributed by atoms with Crippen LogP contribution in [0.25, 0.3) is 11.0 Å². The number of carbonyl (C=O) groups is 1. The molecular formula is C21H20O5. The van der Waals surface area contributed by atoms with Crippen LogP contribution >= 0.6 is 0 Å². The van der Waals surface area contributed by atoms with Gasteiger partial charge in [-0.25, -0.2) is 4.79 Å². The van der Waals surface area contributed by atoms with Crippen molar-refractivity contribution in [3.05, 3.63) is 75.6 Å². The fourth-order valence-electron chi connectivity index (χ4n) is 3.19. The van der Waals surface area contributed by atoms with Gasteiger partial charge in [0.05, 0.1) is 20.1 Å². The molecule has 0 amide bonds. The lowest BCUT2D eigenvalue weighted by molar-refractivity contribution is -0.142. The smallest absolute Gasteiger partial charge is 0.336 e. The molecule has 1 aromatic heterocycles. The molecule has 0 saturated carbocycles. The van der Waals surface area contributed by atoms with E-state index in [1.807, 2.05) is 37.3 Å². The molecule has 1 heterocycles. The number of rotatable bonds is 5. The molecule has 1 atom stereocenters. The van der Waals surface area contributed by atoms with Gasteiger partial charge in [0.2, 0.25) is 0 Å². The second-order valence-corrected chi connectivity index (χ2v) is 6.06. The predicted molar refractivity (Wildman–Crippen MR) is 98.7 cm³/mol. The van der Waals surface area contributed by atoms with Gasteiger partial charge in [-0.1, -0.05) is 30.3 Å². The highest BCUT2D eigenvalue weighted by atomic mass is 16.5. The largest absolute Gasteiger partial charge is 0.496 e. The van der Waals surface area contributed by atoms with E-state index in [1.165, 1.54) is 13.2 Å². The van der Waals surface area contributed by atoms with Gasteiger partial charge in [-0.3, -0.25) is 4.79 Å². The molecule has 0 fully saturated rings. The van der Waals surface area contributed by atoms with Crippen LogP contribution in [0.1, 0.15) is 22.6 Å². The summed E-state index contributed by atoms with van der Waals surface area (Å²) in [5.74, 6) is -0.383. The molecule has 0 saturated heterocycles. The van der Waals surface area contributed by atoms with Crippen LogP contribution < -0.4 is 10.4 Å². The molecular weight excluding hydrogens is 332 g/mol. The molecule has 0 aliphatic carbocycles. The Morgan fingerprint density at radius 2 is 1.85 bits per heavy atom. The first-order valence-corrected chi connectivity index (χ1v) is 8.28. The Labute approximate surface area is 151 Å². The van der Waals surface area contributed by atoms with Crippen LogP contribution in [0.4, 0.5) is 0 Å². The number of aryl methyl sites for hydroxylation is 1. The minimum Gasteiger partial charge on any atom is -0.496 e. The van der Waals surface area contributed by atoms with Crippen LogP contribution in [-0.2, 0) is 16.0 Å². The summed E-state index contributed by atoms with van der Waals surface area (Å²) in [6.45, 7) is 1.82. The third kappa shape index (κ3) is 3.33. The Hall–Kier alpha value is -3.08. The fraction of sp³-hybridized carbons (Fsp3) is 0.238. The van der Waals surface area contributed by atoms with E-state index in [-0.39, 0.29) is 0 Å². The lowest BCUT2D eigenvalue weighted by atomic mass is 9.89. The summed E-state index contributed by atoms with van der Waals surface area (Å²) in [6, 6.07) is 14.6. The van der Waals surface area contributed by atoms with Crippen molar-refractivity contribution in [1.29, 1.82) is 0 Å². The monoisotopic (exact) mass is 352 g/mol. The second-order valence-electron chi connectivity index (χ2n) is 6.06. The molecule has 0 aliphatic rings. The fourth-order valence-corrected chi connectivity index (χ4v) is 3.19. The summed E-state index contributed by atoms with van der Waals surface area (Å²) in [6.07, 6.45) is 0.428. The Bertz CT molecular complexity index is 988. The van der Waals surface area contributed by atoms with Gasteiger partial charge in [-0.05, 0) is 36.6 Å². The Kier molecular flexibility index (Phi) is 5.07. The number of carbonyl (C=O) groups excluding carboxylic acids is 1. The highest BCUT2D eigenvalue weighted by Crippen LogP contribution is 2.33. The van der Waals surface area contributed by atoms with Gasteiger partial charge in [0.1, 0.15) is 11.3 Å². The van der Waals surface area contributed by atoms with Gasteiger partial charge in [0.15, 0.2) is 0 Å². The van der Waals surface area contributed by atoms with Crippen LogP contribution in [0, 0.1) is 6.92 Å². The highest BCUT2D eigenvalue weighted by Gasteiger charge is 2.26. The Morgan fingerprint density at radius 3 is 2.50 bits per heavy atom. The van der Waals surface area contributed by atoms with Crippen molar-refractivity contribution in [2.24, 2.45) is 0 Å². The number of hydrogen-bond donors (Lipinski definition) is 0. The van der Waals surface area contributed by atoms with E-state index in [0.717, 1.165) is 5.56 Å². The van der Waals surface area contributed by atoms with Crippen LogP contribution in [0.3, 0.4) is 0 Å². The zero-order valence-electron chi connectivity index (χ0n) is 14.9.